The molecule has 2 aromatic rings. The average molecular weight is 301 g/mol. The molecular formula is C16H19N3O3. The summed E-state index contributed by atoms with van der Waals surface area (Å²) >= 11 is 0. The van der Waals surface area contributed by atoms with Crippen LogP contribution in [0.1, 0.15) is 11.3 Å². The predicted octanol–water partition coefficient (Wildman–Crippen LogP) is 2.13. The van der Waals surface area contributed by atoms with Crippen LogP contribution in [0.15, 0.2) is 30.7 Å². The van der Waals surface area contributed by atoms with Gasteiger partial charge in [-0.15, -0.1) is 0 Å². The highest BCUT2D eigenvalue weighted by atomic mass is 16.5. The molecule has 0 bridgehead atoms. The molecular weight excluding hydrogens is 282 g/mol. The van der Waals surface area contributed by atoms with Gasteiger partial charge in [-0.05, 0) is 30.7 Å². The van der Waals surface area contributed by atoms with Gasteiger partial charge in [0.2, 0.25) is 0 Å². The van der Waals surface area contributed by atoms with Gasteiger partial charge in [-0.3, -0.25) is 4.79 Å². The summed E-state index contributed by atoms with van der Waals surface area (Å²) < 4.78 is 10.2. The Morgan fingerprint density at radius 3 is 2.73 bits per heavy atom. The Hall–Kier alpha value is -2.76. The molecule has 0 aliphatic carbocycles. The fraction of sp³-hybridized carbons (Fsp3) is 0.250. The Morgan fingerprint density at radius 2 is 2.14 bits per heavy atom. The van der Waals surface area contributed by atoms with Crippen molar-refractivity contribution >= 4 is 11.5 Å². The summed E-state index contributed by atoms with van der Waals surface area (Å²) in [6, 6.07) is 5.73. The summed E-state index contributed by atoms with van der Waals surface area (Å²) in [5.41, 5.74) is 2.94. The van der Waals surface area contributed by atoms with Gasteiger partial charge < -0.3 is 19.8 Å². The first kappa shape index (κ1) is 15.6. The number of nitrogens with one attached hydrogen (secondary N) is 2. The van der Waals surface area contributed by atoms with Crippen molar-refractivity contribution in [1.82, 2.24) is 15.3 Å². The first-order chi connectivity index (χ1) is 10.6. The largest absolute Gasteiger partial charge is 0.503 e. The molecule has 0 spiro atoms. The van der Waals surface area contributed by atoms with Crippen molar-refractivity contribution in [2.45, 2.75) is 6.92 Å². The number of aryl methyl sites for hydroxylation is 1. The van der Waals surface area contributed by atoms with Crippen molar-refractivity contribution in [3.8, 4) is 17.1 Å². The third kappa shape index (κ3) is 3.11. The standard InChI is InChI=1S/C16H19N3O3/c1-10-7-11(22-4)5-6-12(10)15-18-8-14(19-15)13(9-21-3)16(20)17-2/h5-9H,1-4H3,(H,17,20)(H,18,19). The minimum Gasteiger partial charge on any atom is -0.503 e. The van der Waals surface area contributed by atoms with Crippen LogP contribution >= 0.6 is 0 Å². The van der Waals surface area contributed by atoms with Crippen LogP contribution in [0.2, 0.25) is 0 Å². The van der Waals surface area contributed by atoms with Crippen molar-refractivity contribution < 1.29 is 14.3 Å². The van der Waals surface area contributed by atoms with Crippen molar-refractivity contribution in [3.05, 3.63) is 41.9 Å². The van der Waals surface area contributed by atoms with Gasteiger partial charge in [-0.25, -0.2) is 4.98 Å². The summed E-state index contributed by atoms with van der Waals surface area (Å²) in [5.74, 6) is 1.22. The van der Waals surface area contributed by atoms with Gasteiger partial charge in [0, 0.05) is 12.6 Å². The Bertz CT molecular complexity index is 704. The van der Waals surface area contributed by atoms with E-state index >= 15 is 0 Å². The average Bonchev–Trinajstić information content (AvgIpc) is 3.00. The number of ether oxygens (including phenoxy) is 2. The smallest absolute Gasteiger partial charge is 0.256 e. The van der Waals surface area contributed by atoms with E-state index in [4.69, 9.17) is 9.47 Å². The lowest BCUT2D eigenvalue weighted by atomic mass is 10.1. The van der Waals surface area contributed by atoms with Crippen LogP contribution in [0.5, 0.6) is 5.75 Å². The van der Waals surface area contributed by atoms with Crippen molar-refractivity contribution in [2.75, 3.05) is 21.3 Å². The van der Waals surface area contributed by atoms with Crippen LogP contribution in [-0.2, 0) is 9.53 Å². The third-order valence-electron chi connectivity index (χ3n) is 3.26. The molecule has 22 heavy (non-hydrogen) atoms. The first-order valence-corrected chi connectivity index (χ1v) is 6.76. The Kier molecular flexibility index (Phi) is 4.83. The van der Waals surface area contributed by atoms with Gasteiger partial charge in [0.25, 0.3) is 5.91 Å². The molecule has 1 heterocycles. The number of aromatic nitrogens is 2. The number of hydrogen-bond donors (Lipinski definition) is 2. The van der Waals surface area contributed by atoms with E-state index in [0.29, 0.717) is 17.1 Å². The minimum absolute atomic E-state index is 0.247. The summed E-state index contributed by atoms with van der Waals surface area (Å²) in [6.45, 7) is 1.98. The van der Waals surface area contributed by atoms with Crippen molar-refractivity contribution in [2.24, 2.45) is 0 Å². The SMILES string of the molecule is CNC(=O)C(=COC)c1cnc(-c2ccc(OC)cc2C)[nH]1. The maximum atomic E-state index is 11.9. The van der Waals surface area contributed by atoms with E-state index in [9.17, 15) is 4.79 Å². The Morgan fingerprint density at radius 1 is 1.36 bits per heavy atom. The number of likely N-dealkylation sites (N-methyl/N-ethyl adjacent to an activating group) is 1. The Balaban J connectivity index is 2.39. The maximum absolute atomic E-state index is 11.9. The number of carbonyl (C=O) groups is 1. The van der Waals surface area contributed by atoms with Crippen molar-refractivity contribution in [1.29, 1.82) is 0 Å². The molecule has 0 fully saturated rings. The van der Waals surface area contributed by atoms with E-state index in [1.165, 1.54) is 13.4 Å². The highest BCUT2D eigenvalue weighted by molar-refractivity contribution is 6.18. The summed E-state index contributed by atoms with van der Waals surface area (Å²) in [7, 11) is 4.69. The van der Waals surface area contributed by atoms with Gasteiger partial charge in [-0.2, -0.15) is 0 Å². The lowest BCUT2D eigenvalue weighted by Gasteiger charge is -2.06. The number of rotatable bonds is 5. The fourth-order valence-electron chi connectivity index (χ4n) is 2.12. The monoisotopic (exact) mass is 301 g/mol. The van der Waals surface area contributed by atoms with Crippen LogP contribution < -0.4 is 10.1 Å². The van der Waals surface area contributed by atoms with Crippen LogP contribution in [0.4, 0.5) is 0 Å². The number of benzene rings is 1. The summed E-state index contributed by atoms with van der Waals surface area (Å²) in [6.07, 6.45) is 3.00. The highest BCUT2D eigenvalue weighted by Gasteiger charge is 2.15. The number of carbonyl (C=O) groups excluding carboxylic acids is 1. The predicted molar refractivity (Wildman–Crippen MR) is 84.4 cm³/mol. The highest BCUT2D eigenvalue weighted by Crippen LogP contribution is 2.26. The van der Waals surface area contributed by atoms with E-state index in [0.717, 1.165) is 16.9 Å². The number of imidazole rings is 1. The topological polar surface area (TPSA) is 76.2 Å². The lowest BCUT2D eigenvalue weighted by molar-refractivity contribution is -0.115. The van der Waals surface area contributed by atoms with Gasteiger partial charge in [0.05, 0.1) is 37.9 Å². The lowest BCUT2D eigenvalue weighted by Crippen LogP contribution is -2.19. The zero-order valence-corrected chi connectivity index (χ0v) is 13.1. The molecule has 0 saturated carbocycles. The van der Waals surface area contributed by atoms with Gasteiger partial charge in [0.1, 0.15) is 11.6 Å². The number of methoxy groups -OCH3 is 2. The normalized spacial score (nSPS) is 11.2. The zero-order chi connectivity index (χ0) is 16.1. The second-order valence-electron chi connectivity index (χ2n) is 4.67. The summed E-state index contributed by atoms with van der Waals surface area (Å²) in [4.78, 5) is 19.4. The van der Waals surface area contributed by atoms with Crippen LogP contribution in [0, 0.1) is 6.92 Å². The van der Waals surface area contributed by atoms with Gasteiger partial charge in [-0.1, -0.05) is 0 Å². The molecule has 2 rings (SSSR count). The first-order valence-electron chi connectivity index (χ1n) is 6.76. The van der Waals surface area contributed by atoms with Gasteiger partial charge in [0.15, 0.2) is 0 Å². The molecule has 0 aliphatic heterocycles. The molecule has 0 unspecified atom stereocenters. The zero-order valence-electron chi connectivity index (χ0n) is 13.1. The van der Waals surface area contributed by atoms with Crippen LogP contribution in [-0.4, -0.2) is 37.1 Å². The van der Waals surface area contributed by atoms with E-state index in [1.807, 2.05) is 25.1 Å². The number of hydrogen-bond acceptors (Lipinski definition) is 4. The quantitative estimate of drug-likeness (QED) is 0.655. The molecule has 6 heteroatoms. The minimum atomic E-state index is -0.247. The second-order valence-corrected chi connectivity index (χ2v) is 4.67. The molecule has 1 aromatic carbocycles. The molecule has 2 N–H and O–H groups in total. The Labute approximate surface area is 129 Å². The molecule has 0 radical (unpaired) electrons. The molecule has 0 saturated heterocycles. The summed E-state index contributed by atoms with van der Waals surface area (Å²) in [5, 5.41) is 2.57. The maximum Gasteiger partial charge on any atom is 0.256 e. The molecule has 1 aromatic heterocycles. The molecule has 0 aliphatic rings. The molecule has 6 nitrogen and oxygen atoms in total. The van der Waals surface area contributed by atoms with E-state index < -0.39 is 0 Å². The number of nitrogens with zero attached hydrogens (tertiary/aromatic N) is 1. The number of H-pyrrole nitrogens is 1. The molecule has 0 atom stereocenters. The van der Waals surface area contributed by atoms with E-state index in [-0.39, 0.29) is 5.91 Å². The van der Waals surface area contributed by atoms with Gasteiger partial charge >= 0.3 is 0 Å². The fourth-order valence-corrected chi connectivity index (χ4v) is 2.12. The van der Waals surface area contributed by atoms with E-state index in [1.54, 1.807) is 20.4 Å². The van der Waals surface area contributed by atoms with E-state index in [2.05, 4.69) is 15.3 Å². The van der Waals surface area contributed by atoms with Crippen LogP contribution in [0.25, 0.3) is 17.0 Å². The molecule has 1 amide bonds. The number of aromatic amines is 1. The third-order valence-corrected chi connectivity index (χ3v) is 3.26. The second kappa shape index (κ2) is 6.80. The van der Waals surface area contributed by atoms with Crippen LogP contribution in [0.3, 0.4) is 0 Å². The number of amides is 1. The molecule has 116 valence electrons. The van der Waals surface area contributed by atoms with Crippen molar-refractivity contribution in [3.63, 3.8) is 0 Å².